The molecule has 1 unspecified atom stereocenters. The summed E-state index contributed by atoms with van der Waals surface area (Å²) in [6, 6.07) is 21.3. The van der Waals surface area contributed by atoms with Gasteiger partial charge in [0.2, 0.25) is 0 Å². The molecule has 68 heavy (non-hydrogen) atoms. The molecule has 360 valence electrons. The highest BCUT2D eigenvalue weighted by Crippen LogP contribution is 2.45. The minimum atomic E-state index is -4.60. The smallest absolute Gasteiger partial charge is 0.293 e. The number of halogens is 1. The largest absolute Gasteiger partial charge is 0.381 e. The van der Waals surface area contributed by atoms with Crippen LogP contribution in [0.25, 0.3) is 16.6 Å². The summed E-state index contributed by atoms with van der Waals surface area (Å²) in [6.45, 7) is 12.8. The molecule has 0 saturated carbocycles. The van der Waals surface area contributed by atoms with Crippen molar-refractivity contribution in [2.75, 3.05) is 87.0 Å². The van der Waals surface area contributed by atoms with Crippen molar-refractivity contribution in [2.24, 2.45) is 11.3 Å². The van der Waals surface area contributed by atoms with Gasteiger partial charge in [0.25, 0.3) is 21.6 Å². The van der Waals surface area contributed by atoms with Gasteiger partial charge in [0, 0.05) is 93.7 Å². The maximum absolute atomic E-state index is 14.6. The molecule has 1 atom stereocenters. The second-order valence-electron chi connectivity index (χ2n) is 19.5. The first kappa shape index (κ1) is 47.9. The highest BCUT2D eigenvalue weighted by molar-refractivity contribution is 7.99. The number of nitrogens with zero attached hydrogens (tertiary/aromatic N) is 5. The lowest BCUT2D eigenvalue weighted by Crippen LogP contribution is -2.47. The number of methoxy groups -OCH3 is 1. The lowest BCUT2D eigenvalue weighted by Gasteiger charge is -2.40. The van der Waals surface area contributed by atoms with Gasteiger partial charge in [0.05, 0.1) is 38.9 Å². The number of nitrogens with one attached hydrogen (secondary N) is 3. The lowest BCUT2D eigenvalue weighted by molar-refractivity contribution is -0.384. The average Bonchev–Trinajstić information content (AvgIpc) is 3.74. The van der Waals surface area contributed by atoms with E-state index in [4.69, 9.17) is 26.1 Å². The van der Waals surface area contributed by atoms with Gasteiger partial charge in [-0.3, -0.25) is 19.8 Å². The minimum absolute atomic E-state index is 0.104. The fourth-order valence-corrected chi connectivity index (χ4v) is 12.0. The third kappa shape index (κ3) is 10.5. The summed E-state index contributed by atoms with van der Waals surface area (Å²) in [5.41, 5.74) is 6.38. The van der Waals surface area contributed by atoms with Gasteiger partial charge in [-0.2, -0.15) is 0 Å². The third-order valence-corrected chi connectivity index (χ3v) is 16.9. The van der Waals surface area contributed by atoms with Gasteiger partial charge < -0.3 is 29.6 Å². The first-order valence-electron chi connectivity index (χ1n) is 23.3. The number of pyridine rings is 1. The summed E-state index contributed by atoms with van der Waals surface area (Å²) in [5.74, 6) is -0.0464. The van der Waals surface area contributed by atoms with Gasteiger partial charge in [-0.05, 0) is 116 Å². The van der Waals surface area contributed by atoms with E-state index in [1.807, 2.05) is 54.4 Å². The Labute approximate surface area is 407 Å². The number of rotatable bonds is 13. The second-order valence-corrected chi connectivity index (χ2v) is 22.5. The number of allylic oxidation sites excluding steroid dienone is 1. The zero-order chi connectivity index (χ0) is 47.8. The number of nitro benzene ring substituents is 1. The highest BCUT2D eigenvalue weighted by atomic mass is 35.5. The van der Waals surface area contributed by atoms with Crippen LogP contribution in [0.15, 0.2) is 94.5 Å². The van der Waals surface area contributed by atoms with Crippen molar-refractivity contribution >= 4 is 84.3 Å². The van der Waals surface area contributed by atoms with Crippen molar-refractivity contribution in [1.82, 2.24) is 19.6 Å². The van der Waals surface area contributed by atoms with Crippen molar-refractivity contribution in [2.45, 2.75) is 68.4 Å². The molecule has 2 fully saturated rings. The number of hydrogen-bond acceptors (Lipinski definition) is 13. The van der Waals surface area contributed by atoms with Crippen LogP contribution in [0.4, 0.5) is 28.4 Å². The molecular formula is C50H59ClN8O7S2. The molecular weight excluding hydrogens is 924 g/mol. The van der Waals surface area contributed by atoms with E-state index in [0.717, 1.165) is 103 Å². The number of benzene rings is 3. The molecule has 3 aliphatic heterocycles. The van der Waals surface area contributed by atoms with Gasteiger partial charge in [0.15, 0.2) is 0 Å². The zero-order valence-electron chi connectivity index (χ0n) is 39.0. The number of fused-ring (bicyclic) bond motifs is 2. The van der Waals surface area contributed by atoms with Crippen LogP contribution in [0.5, 0.6) is 0 Å². The molecule has 0 bridgehead atoms. The van der Waals surface area contributed by atoms with Crippen LogP contribution in [-0.2, 0) is 19.5 Å². The van der Waals surface area contributed by atoms with E-state index < -0.39 is 37.0 Å². The predicted octanol–water partition coefficient (Wildman–Crippen LogP) is 9.52. The predicted molar refractivity (Wildman–Crippen MR) is 270 cm³/mol. The maximum atomic E-state index is 14.6. The molecule has 1 amide bonds. The monoisotopic (exact) mass is 982 g/mol. The molecule has 0 radical (unpaired) electrons. The maximum Gasteiger partial charge on any atom is 0.293 e. The Kier molecular flexibility index (Phi) is 13.9. The quantitative estimate of drug-likeness (QED) is 0.0752. The highest BCUT2D eigenvalue weighted by Gasteiger charge is 2.37. The topological polar surface area (TPSA) is 175 Å². The molecule has 3 aromatic carbocycles. The van der Waals surface area contributed by atoms with Crippen molar-refractivity contribution in [1.29, 1.82) is 0 Å². The van der Waals surface area contributed by atoms with Crippen molar-refractivity contribution < 1.29 is 27.6 Å². The van der Waals surface area contributed by atoms with Gasteiger partial charge in [-0.25, -0.2) is 18.1 Å². The normalized spacial score (nSPS) is 20.5. The number of amides is 1. The molecule has 1 aliphatic carbocycles. The number of carbonyl (C=O) groups excluding carboxylic acids is 1. The average molecular weight is 984 g/mol. The Morgan fingerprint density at radius 3 is 2.51 bits per heavy atom. The SMILES string of the molecule is COC1(C)CSc2nc3[nH]ccc3cc2N(c2cc(N3CCN(CC4=C(c5ccc(Cl)cc5)CC(C)(C)CC4)CC3)ccc2C(=O)NS(=O)(=O)c2ccc(NCC3CCOCC3)c([N+](=O)[O-])c2)C1. The number of piperazine rings is 1. The van der Waals surface area contributed by atoms with E-state index in [-0.39, 0.29) is 22.6 Å². The summed E-state index contributed by atoms with van der Waals surface area (Å²) in [4.78, 5) is 40.9. The minimum Gasteiger partial charge on any atom is -0.381 e. The number of sulfonamides is 1. The van der Waals surface area contributed by atoms with E-state index in [1.54, 1.807) is 24.9 Å². The second kappa shape index (κ2) is 19.7. The first-order valence-corrected chi connectivity index (χ1v) is 26.1. The molecule has 18 heteroatoms. The van der Waals surface area contributed by atoms with Gasteiger partial charge in [0.1, 0.15) is 16.4 Å². The van der Waals surface area contributed by atoms with Crippen molar-refractivity contribution in [3.05, 3.63) is 111 Å². The lowest BCUT2D eigenvalue weighted by atomic mass is 9.72. The molecule has 2 saturated heterocycles. The summed E-state index contributed by atoms with van der Waals surface area (Å²) >= 11 is 7.85. The van der Waals surface area contributed by atoms with E-state index in [9.17, 15) is 23.3 Å². The molecule has 4 aliphatic rings. The number of hydrogen-bond donors (Lipinski definition) is 3. The summed E-state index contributed by atoms with van der Waals surface area (Å²) in [5, 5.41) is 17.8. The molecule has 5 aromatic rings. The third-order valence-electron chi connectivity index (χ3n) is 13.9. The number of aromatic amines is 1. The van der Waals surface area contributed by atoms with Crippen LogP contribution in [0.3, 0.4) is 0 Å². The molecule has 2 aromatic heterocycles. The molecule has 0 spiro atoms. The van der Waals surface area contributed by atoms with E-state index in [0.29, 0.717) is 37.7 Å². The number of ether oxygens (including phenoxy) is 2. The summed E-state index contributed by atoms with van der Waals surface area (Å²) in [7, 11) is -2.93. The number of anilines is 4. The zero-order valence-corrected chi connectivity index (χ0v) is 41.4. The number of aromatic nitrogens is 2. The Morgan fingerprint density at radius 1 is 1.01 bits per heavy atom. The first-order chi connectivity index (χ1) is 32.6. The Balaban J connectivity index is 1.02. The summed E-state index contributed by atoms with van der Waals surface area (Å²) < 4.78 is 42.0. The van der Waals surface area contributed by atoms with E-state index in [2.05, 4.69) is 50.8 Å². The fourth-order valence-electron chi connectivity index (χ4n) is 9.73. The van der Waals surface area contributed by atoms with Crippen LogP contribution in [0, 0.1) is 21.4 Å². The van der Waals surface area contributed by atoms with Crippen molar-refractivity contribution in [3.8, 4) is 0 Å². The number of nitro groups is 1. The number of H-pyrrole nitrogens is 1. The fraction of sp³-hybridized carbons (Fsp3) is 0.440. The van der Waals surface area contributed by atoms with E-state index >= 15 is 0 Å². The van der Waals surface area contributed by atoms with E-state index in [1.165, 1.54) is 28.8 Å². The van der Waals surface area contributed by atoms with Crippen LogP contribution in [0.1, 0.15) is 68.8 Å². The van der Waals surface area contributed by atoms with Gasteiger partial charge in [-0.15, -0.1) is 11.8 Å². The number of thioether (sulfide) groups is 1. The Hall–Kier alpha value is -5.17. The Morgan fingerprint density at radius 2 is 1.78 bits per heavy atom. The van der Waals surface area contributed by atoms with Crippen LogP contribution >= 0.6 is 23.4 Å². The van der Waals surface area contributed by atoms with Gasteiger partial charge >= 0.3 is 0 Å². The Bertz CT molecular complexity index is 2840. The molecule has 5 heterocycles. The number of carbonyl (C=O) groups is 1. The standard InChI is InChI=1S/C50H59ClN8O7S2/c1-49(2)17-13-36(41(28-49)34-5-7-37(51)8-6-34)30-56-19-21-57(22-20-56)38-9-11-40(43(26-38)58-31-50(3,65-4)32-67-48-45(58)25-35-14-18-52-46(35)54-48)47(60)55-68(63,64)39-10-12-42(44(27-39)59(61)62)53-29-33-15-23-66-24-16-33/h5-12,14,18,25-27,33,53H,13,15-17,19-24,28-32H2,1-4H3,(H,52,54)(H,55,60). The van der Waals surface area contributed by atoms with Crippen LogP contribution in [0.2, 0.25) is 5.02 Å². The summed E-state index contributed by atoms with van der Waals surface area (Å²) in [6.07, 6.45) is 6.67. The van der Waals surface area contributed by atoms with Crippen LogP contribution < -0.4 is 19.8 Å². The molecule has 15 nitrogen and oxygen atoms in total. The molecule has 3 N–H and O–H groups in total. The van der Waals surface area contributed by atoms with Gasteiger partial charge in [-0.1, -0.05) is 43.2 Å². The molecule has 9 rings (SSSR count). The van der Waals surface area contributed by atoms with Crippen molar-refractivity contribution in [3.63, 3.8) is 0 Å². The van der Waals surface area contributed by atoms with Crippen LogP contribution in [-0.4, -0.2) is 112 Å².